The van der Waals surface area contributed by atoms with E-state index >= 15 is 0 Å². The summed E-state index contributed by atoms with van der Waals surface area (Å²) in [6, 6.07) is 0. The number of allylic oxidation sites excluding steroid dienone is 1. The summed E-state index contributed by atoms with van der Waals surface area (Å²) in [6.07, 6.45) is 28.6. The van der Waals surface area contributed by atoms with Gasteiger partial charge < -0.3 is 9.84 Å². The van der Waals surface area contributed by atoms with E-state index in [9.17, 15) is 9.59 Å². The molecule has 4 heteroatoms. The minimum atomic E-state index is -0.977. The average molecular weight is 425 g/mol. The zero-order chi connectivity index (χ0) is 22.1. The first-order valence-electron chi connectivity index (χ1n) is 12.7. The Morgan fingerprint density at radius 2 is 1.03 bits per heavy atom. The quantitative estimate of drug-likeness (QED) is 0.102. The molecule has 0 aromatic carbocycles. The van der Waals surface area contributed by atoms with Crippen LogP contribution < -0.4 is 0 Å². The van der Waals surface area contributed by atoms with Gasteiger partial charge in [-0.1, -0.05) is 116 Å². The Kier molecular flexibility index (Phi) is 22.9. The van der Waals surface area contributed by atoms with E-state index in [-0.39, 0.29) is 12.8 Å². The van der Waals surface area contributed by atoms with Gasteiger partial charge in [-0.15, -0.1) is 0 Å². The fraction of sp³-hybridized carbons (Fsp3) is 0.846. The van der Waals surface area contributed by atoms with Crippen molar-refractivity contribution in [3.05, 3.63) is 12.3 Å². The Balaban J connectivity index is 3.15. The number of carbonyl (C=O) groups excluding carboxylic acids is 1. The molecular formula is C26H48O4. The van der Waals surface area contributed by atoms with Gasteiger partial charge in [0, 0.05) is 0 Å². The van der Waals surface area contributed by atoms with Crippen molar-refractivity contribution < 1.29 is 19.4 Å². The first-order valence-corrected chi connectivity index (χ1v) is 12.7. The highest BCUT2D eigenvalue weighted by atomic mass is 16.5. The zero-order valence-electron chi connectivity index (χ0n) is 19.7. The summed E-state index contributed by atoms with van der Waals surface area (Å²) in [5.74, 6) is -1.46. The van der Waals surface area contributed by atoms with Crippen molar-refractivity contribution in [2.75, 3.05) is 0 Å². The van der Waals surface area contributed by atoms with Crippen molar-refractivity contribution in [2.24, 2.45) is 0 Å². The fourth-order valence-corrected chi connectivity index (χ4v) is 3.62. The van der Waals surface area contributed by atoms with E-state index in [1.54, 1.807) is 0 Å². The third-order valence-corrected chi connectivity index (χ3v) is 5.56. The van der Waals surface area contributed by atoms with Crippen LogP contribution in [0.1, 0.15) is 142 Å². The maximum absolute atomic E-state index is 11.2. The number of hydrogen-bond acceptors (Lipinski definition) is 3. The van der Waals surface area contributed by atoms with Gasteiger partial charge in [-0.2, -0.15) is 0 Å². The zero-order valence-corrected chi connectivity index (χ0v) is 19.7. The normalized spacial score (nSPS) is 11.2. The maximum atomic E-state index is 11.2. The van der Waals surface area contributed by atoms with Crippen LogP contribution in [-0.2, 0) is 14.3 Å². The number of unbranched alkanes of at least 4 members (excludes halogenated alkanes) is 18. The van der Waals surface area contributed by atoms with Gasteiger partial charge in [-0.05, 0) is 18.9 Å². The molecule has 0 heterocycles. The molecule has 0 atom stereocenters. The lowest BCUT2D eigenvalue weighted by Gasteiger charge is -2.03. The number of hydrogen-bond donors (Lipinski definition) is 1. The van der Waals surface area contributed by atoms with Crippen LogP contribution in [0.25, 0.3) is 0 Å². The van der Waals surface area contributed by atoms with Gasteiger partial charge in [0.25, 0.3) is 0 Å². The Morgan fingerprint density at radius 1 is 0.633 bits per heavy atom. The molecule has 4 nitrogen and oxygen atoms in total. The number of ether oxygens (including phenoxy) is 1. The molecule has 0 bridgehead atoms. The molecule has 30 heavy (non-hydrogen) atoms. The first kappa shape index (κ1) is 28.7. The van der Waals surface area contributed by atoms with Crippen molar-refractivity contribution in [3.8, 4) is 0 Å². The number of esters is 1. The topological polar surface area (TPSA) is 63.6 Å². The highest BCUT2D eigenvalue weighted by Gasteiger charge is 2.04. The molecule has 176 valence electrons. The third-order valence-electron chi connectivity index (χ3n) is 5.56. The summed E-state index contributed by atoms with van der Waals surface area (Å²) in [5, 5.41) is 8.48. The number of carboxylic acids is 1. The number of aliphatic carboxylic acids is 1. The van der Waals surface area contributed by atoms with Gasteiger partial charge in [0.15, 0.2) is 0 Å². The number of rotatable bonds is 23. The van der Waals surface area contributed by atoms with Gasteiger partial charge in [-0.3, -0.25) is 9.59 Å². The van der Waals surface area contributed by atoms with Gasteiger partial charge in [0.05, 0.1) is 19.1 Å². The summed E-state index contributed by atoms with van der Waals surface area (Å²) in [4.78, 5) is 21.6. The van der Waals surface area contributed by atoms with Gasteiger partial charge in [0.1, 0.15) is 0 Å². The van der Waals surface area contributed by atoms with E-state index in [1.807, 2.05) is 6.08 Å². The predicted octanol–water partition coefficient (Wildman–Crippen LogP) is 8.34. The van der Waals surface area contributed by atoms with Gasteiger partial charge in [-0.25, -0.2) is 0 Å². The summed E-state index contributed by atoms with van der Waals surface area (Å²) >= 11 is 0. The summed E-state index contributed by atoms with van der Waals surface area (Å²) < 4.78 is 4.85. The Bertz CT molecular complexity index is 417. The van der Waals surface area contributed by atoms with Crippen molar-refractivity contribution in [2.45, 2.75) is 142 Å². The van der Waals surface area contributed by atoms with E-state index in [0.717, 1.165) is 12.8 Å². The lowest BCUT2D eigenvalue weighted by Crippen LogP contribution is -2.03. The number of carbonyl (C=O) groups is 2. The Morgan fingerprint density at radius 3 is 1.43 bits per heavy atom. The minimum absolute atomic E-state index is 0.0706. The molecule has 0 rings (SSSR count). The van der Waals surface area contributed by atoms with Crippen LogP contribution in [-0.4, -0.2) is 17.0 Å². The monoisotopic (exact) mass is 424 g/mol. The molecule has 0 aromatic heterocycles. The third kappa shape index (κ3) is 24.7. The lowest BCUT2D eigenvalue weighted by atomic mass is 10.0. The number of carboxylic acid groups (broad SMARTS) is 1. The molecule has 0 unspecified atom stereocenters. The predicted molar refractivity (Wildman–Crippen MR) is 125 cm³/mol. The summed E-state index contributed by atoms with van der Waals surface area (Å²) in [5.41, 5.74) is 0. The molecule has 0 radical (unpaired) electrons. The SMILES string of the molecule is CCCCCCCCCCCCCCCCCCCCC=COC(=O)CCC(=O)O. The van der Waals surface area contributed by atoms with Crippen molar-refractivity contribution in [1.29, 1.82) is 0 Å². The molecular weight excluding hydrogens is 376 g/mol. The van der Waals surface area contributed by atoms with E-state index in [1.165, 1.54) is 115 Å². The van der Waals surface area contributed by atoms with Crippen LogP contribution >= 0.6 is 0 Å². The summed E-state index contributed by atoms with van der Waals surface area (Å²) in [6.45, 7) is 2.28. The molecule has 1 N–H and O–H groups in total. The van der Waals surface area contributed by atoms with E-state index in [0.29, 0.717) is 0 Å². The molecule has 0 spiro atoms. The fourth-order valence-electron chi connectivity index (χ4n) is 3.62. The molecule has 0 saturated heterocycles. The largest absolute Gasteiger partial charge is 0.481 e. The van der Waals surface area contributed by atoms with E-state index in [2.05, 4.69) is 6.92 Å². The molecule has 0 fully saturated rings. The van der Waals surface area contributed by atoms with E-state index in [4.69, 9.17) is 9.84 Å². The van der Waals surface area contributed by atoms with E-state index < -0.39 is 11.9 Å². The molecule has 0 aliphatic heterocycles. The molecule has 0 amide bonds. The van der Waals surface area contributed by atoms with Crippen LogP contribution in [0.4, 0.5) is 0 Å². The Hall–Kier alpha value is -1.32. The van der Waals surface area contributed by atoms with Crippen molar-refractivity contribution in [1.82, 2.24) is 0 Å². The average Bonchev–Trinajstić information content (AvgIpc) is 2.73. The maximum Gasteiger partial charge on any atom is 0.311 e. The second kappa shape index (κ2) is 24.0. The van der Waals surface area contributed by atoms with Crippen LogP contribution in [0.2, 0.25) is 0 Å². The molecule has 0 aliphatic carbocycles. The minimum Gasteiger partial charge on any atom is -0.481 e. The molecule has 0 saturated carbocycles. The Labute approximate surface area is 185 Å². The second-order valence-electron chi connectivity index (χ2n) is 8.55. The van der Waals surface area contributed by atoms with Crippen molar-refractivity contribution in [3.63, 3.8) is 0 Å². The van der Waals surface area contributed by atoms with Crippen molar-refractivity contribution >= 4 is 11.9 Å². The standard InChI is InChI=1S/C26H48O4/c1-2-3-4-5-6-7-8-9-10-11-12-13-14-15-16-17-18-19-20-21-24-30-26(29)23-22-25(27)28/h21,24H,2-20,22-23H2,1H3,(H,27,28). The highest BCUT2D eigenvalue weighted by Crippen LogP contribution is 2.14. The van der Waals surface area contributed by atoms with Crippen LogP contribution in [0.5, 0.6) is 0 Å². The molecule has 0 aliphatic rings. The molecule has 0 aromatic rings. The van der Waals surface area contributed by atoms with Crippen LogP contribution in [0.15, 0.2) is 12.3 Å². The van der Waals surface area contributed by atoms with Gasteiger partial charge in [0.2, 0.25) is 0 Å². The summed E-state index contributed by atoms with van der Waals surface area (Å²) in [7, 11) is 0. The smallest absolute Gasteiger partial charge is 0.311 e. The highest BCUT2D eigenvalue weighted by molar-refractivity contribution is 5.76. The second-order valence-corrected chi connectivity index (χ2v) is 8.55. The first-order chi connectivity index (χ1) is 14.7. The van der Waals surface area contributed by atoms with Crippen LogP contribution in [0, 0.1) is 0 Å². The van der Waals surface area contributed by atoms with Gasteiger partial charge >= 0.3 is 11.9 Å². The van der Waals surface area contributed by atoms with Crippen LogP contribution in [0.3, 0.4) is 0 Å². The lowest BCUT2D eigenvalue weighted by molar-refractivity contribution is -0.144.